The minimum Gasteiger partial charge on any atom is -0.341 e. The van der Waals surface area contributed by atoms with E-state index in [0.29, 0.717) is 18.1 Å². The maximum Gasteiger partial charge on any atom is 0.336 e. The highest BCUT2D eigenvalue weighted by atomic mass is 35.5. The molecule has 0 bridgehead atoms. The molecular weight excluding hydrogens is 412 g/mol. The molecule has 1 aliphatic rings. The fourth-order valence-electron chi connectivity index (χ4n) is 3.67. The van der Waals surface area contributed by atoms with Gasteiger partial charge in [0.15, 0.2) is 0 Å². The van der Waals surface area contributed by atoms with Crippen LogP contribution in [0.4, 0.5) is 5.69 Å². The number of carbonyl (C=O) groups is 1. The van der Waals surface area contributed by atoms with Crippen LogP contribution in [-0.2, 0) is 11.3 Å². The molecule has 0 atom stereocenters. The number of hydrogen-bond acceptors (Lipinski definition) is 5. The van der Waals surface area contributed by atoms with Crippen molar-refractivity contribution < 1.29 is 9.72 Å². The molecule has 30 heavy (non-hydrogen) atoms. The van der Waals surface area contributed by atoms with Crippen molar-refractivity contribution in [2.45, 2.75) is 19.4 Å². The van der Waals surface area contributed by atoms with Gasteiger partial charge in [-0.1, -0.05) is 17.7 Å². The Balaban J connectivity index is 1.96. The van der Waals surface area contributed by atoms with Gasteiger partial charge < -0.3 is 4.90 Å². The molecule has 4 rings (SSSR count). The summed E-state index contributed by atoms with van der Waals surface area (Å²) in [5, 5.41) is 11.6. The lowest BCUT2D eigenvalue weighted by Crippen LogP contribution is -2.42. The highest BCUT2D eigenvalue weighted by Crippen LogP contribution is 2.19. The minimum atomic E-state index is -0.761. The molecule has 0 N–H and O–H groups in total. The number of benzene rings is 2. The molecule has 154 valence electrons. The lowest BCUT2D eigenvalue weighted by Gasteiger charge is -2.18. The summed E-state index contributed by atoms with van der Waals surface area (Å²) in [7, 11) is 0. The number of fused-ring (bicyclic) bond motifs is 1. The predicted molar refractivity (Wildman–Crippen MR) is 111 cm³/mol. The maximum atomic E-state index is 13.3. The van der Waals surface area contributed by atoms with Gasteiger partial charge in [-0.15, -0.1) is 0 Å². The zero-order valence-electron chi connectivity index (χ0n) is 15.8. The summed E-state index contributed by atoms with van der Waals surface area (Å²) in [5.74, 6) is -0.236. The van der Waals surface area contributed by atoms with Gasteiger partial charge >= 0.3 is 5.69 Å². The van der Waals surface area contributed by atoms with E-state index in [0.717, 1.165) is 23.5 Å². The van der Waals surface area contributed by atoms with Gasteiger partial charge in [0, 0.05) is 30.2 Å². The van der Waals surface area contributed by atoms with Crippen LogP contribution in [0.15, 0.2) is 52.1 Å². The van der Waals surface area contributed by atoms with Crippen LogP contribution in [0.3, 0.4) is 0 Å². The predicted octanol–water partition coefficient (Wildman–Crippen LogP) is 2.34. The van der Waals surface area contributed by atoms with E-state index < -0.39 is 16.2 Å². The first kappa shape index (κ1) is 19.8. The molecule has 2 aromatic carbocycles. The average molecular weight is 429 g/mol. The highest BCUT2D eigenvalue weighted by molar-refractivity contribution is 6.31. The van der Waals surface area contributed by atoms with E-state index in [1.807, 2.05) is 0 Å². The van der Waals surface area contributed by atoms with E-state index in [2.05, 4.69) is 0 Å². The standard InChI is InChI=1S/C20H17ClN4O5/c21-13-6-7-16-17(10-13)23(12-18(26)22-8-1-2-9-22)20(28)24(19(16)27)14-4-3-5-15(11-14)25(29)30/h3-7,10-11H,1-2,8-9,12H2. The van der Waals surface area contributed by atoms with Gasteiger partial charge in [-0.2, -0.15) is 0 Å². The van der Waals surface area contributed by atoms with E-state index in [1.54, 1.807) is 4.90 Å². The van der Waals surface area contributed by atoms with Crippen LogP contribution in [0.1, 0.15) is 12.8 Å². The normalized spacial score (nSPS) is 13.7. The van der Waals surface area contributed by atoms with Gasteiger partial charge in [-0.3, -0.25) is 24.3 Å². The molecule has 0 radical (unpaired) electrons. The quantitative estimate of drug-likeness (QED) is 0.468. The Labute approximate surface area is 174 Å². The third kappa shape index (κ3) is 3.48. The summed E-state index contributed by atoms with van der Waals surface area (Å²) in [5.41, 5.74) is -1.36. The molecule has 1 fully saturated rings. The van der Waals surface area contributed by atoms with Gasteiger partial charge in [0.1, 0.15) is 6.54 Å². The zero-order chi connectivity index (χ0) is 21.4. The van der Waals surface area contributed by atoms with Crippen LogP contribution >= 0.6 is 11.6 Å². The Morgan fingerprint density at radius 2 is 1.83 bits per heavy atom. The second-order valence-electron chi connectivity index (χ2n) is 7.04. The van der Waals surface area contributed by atoms with Crippen LogP contribution in [0.5, 0.6) is 0 Å². The summed E-state index contributed by atoms with van der Waals surface area (Å²) >= 11 is 6.08. The third-order valence-electron chi connectivity index (χ3n) is 5.16. The molecule has 9 nitrogen and oxygen atoms in total. The number of nitro groups is 1. The summed E-state index contributed by atoms with van der Waals surface area (Å²) in [4.78, 5) is 51.3. The fraction of sp³-hybridized carbons (Fsp3) is 0.250. The Morgan fingerprint density at radius 3 is 2.53 bits per heavy atom. The van der Waals surface area contributed by atoms with Gasteiger partial charge in [-0.05, 0) is 37.1 Å². The second-order valence-corrected chi connectivity index (χ2v) is 7.47. The number of amides is 1. The number of halogens is 1. The highest BCUT2D eigenvalue weighted by Gasteiger charge is 2.22. The van der Waals surface area contributed by atoms with Crippen LogP contribution in [0, 0.1) is 10.1 Å². The number of rotatable bonds is 4. The monoisotopic (exact) mass is 428 g/mol. The SMILES string of the molecule is O=C(Cn1c(=O)n(-c2cccc([N+](=O)[O-])c2)c(=O)c2ccc(Cl)cc21)N1CCCC1. The van der Waals surface area contributed by atoms with E-state index >= 15 is 0 Å². The molecule has 2 heterocycles. The minimum absolute atomic E-state index is 0.0541. The Bertz CT molecular complexity index is 1290. The van der Waals surface area contributed by atoms with Gasteiger partial charge in [0.2, 0.25) is 5.91 Å². The van der Waals surface area contributed by atoms with Crippen molar-refractivity contribution in [1.82, 2.24) is 14.0 Å². The Morgan fingerprint density at radius 1 is 1.10 bits per heavy atom. The van der Waals surface area contributed by atoms with Crippen molar-refractivity contribution in [1.29, 1.82) is 0 Å². The second kappa shape index (κ2) is 7.75. The van der Waals surface area contributed by atoms with Crippen molar-refractivity contribution in [2.75, 3.05) is 13.1 Å². The van der Waals surface area contributed by atoms with Gasteiger partial charge in [0.05, 0.1) is 21.5 Å². The molecular formula is C20H17ClN4O5. The first-order valence-electron chi connectivity index (χ1n) is 9.34. The third-order valence-corrected chi connectivity index (χ3v) is 5.39. The molecule has 1 aromatic heterocycles. The average Bonchev–Trinajstić information content (AvgIpc) is 3.26. The maximum absolute atomic E-state index is 13.3. The number of nitrogens with zero attached hydrogens (tertiary/aromatic N) is 4. The molecule has 0 unspecified atom stereocenters. The van der Waals surface area contributed by atoms with Crippen LogP contribution < -0.4 is 11.2 Å². The molecule has 1 aliphatic heterocycles. The zero-order valence-corrected chi connectivity index (χ0v) is 16.5. The van der Waals surface area contributed by atoms with Crippen molar-refractivity contribution in [3.8, 4) is 5.69 Å². The lowest BCUT2D eigenvalue weighted by molar-refractivity contribution is -0.384. The summed E-state index contributed by atoms with van der Waals surface area (Å²) in [6.07, 6.45) is 1.81. The molecule has 10 heteroatoms. The molecule has 0 aliphatic carbocycles. The Kier molecular flexibility index (Phi) is 5.13. The lowest BCUT2D eigenvalue weighted by atomic mass is 10.2. The van der Waals surface area contributed by atoms with E-state index in [4.69, 9.17) is 11.6 Å². The largest absolute Gasteiger partial charge is 0.341 e. The topological polar surface area (TPSA) is 107 Å². The van der Waals surface area contributed by atoms with Crippen molar-refractivity contribution >= 4 is 34.1 Å². The van der Waals surface area contributed by atoms with E-state index in [9.17, 15) is 24.5 Å². The molecule has 1 saturated heterocycles. The van der Waals surface area contributed by atoms with E-state index in [-0.39, 0.29) is 34.7 Å². The smallest absolute Gasteiger partial charge is 0.336 e. The van der Waals surface area contributed by atoms with Gasteiger partial charge in [-0.25, -0.2) is 9.36 Å². The summed E-state index contributed by atoms with van der Waals surface area (Å²) < 4.78 is 2.04. The van der Waals surface area contributed by atoms with Crippen LogP contribution in [-0.4, -0.2) is 38.0 Å². The first-order chi connectivity index (χ1) is 14.4. The van der Waals surface area contributed by atoms with E-state index in [1.165, 1.54) is 41.0 Å². The molecule has 3 aromatic rings. The van der Waals surface area contributed by atoms with Crippen LogP contribution in [0.25, 0.3) is 16.6 Å². The molecule has 0 spiro atoms. The van der Waals surface area contributed by atoms with Crippen molar-refractivity contribution in [3.05, 3.63) is 78.4 Å². The number of hydrogen-bond donors (Lipinski definition) is 0. The summed E-state index contributed by atoms with van der Waals surface area (Å²) in [6.45, 7) is 0.985. The number of non-ortho nitro benzene ring substituents is 1. The van der Waals surface area contributed by atoms with Crippen molar-refractivity contribution in [2.24, 2.45) is 0 Å². The number of aromatic nitrogens is 2. The first-order valence-corrected chi connectivity index (χ1v) is 9.72. The van der Waals surface area contributed by atoms with Crippen molar-refractivity contribution in [3.63, 3.8) is 0 Å². The fourth-order valence-corrected chi connectivity index (χ4v) is 3.83. The Hall–Kier alpha value is -3.46. The number of carbonyl (C=O) groups excluding carboxylic acids is 1. The van der Waals surface area contributed by atoms with Gasteiger partial charge in [0.25, 0.3) is 11.2 Å². The summed E-state index contributed by atoms with van der Waals surface area (Å²) in [6, 6.07) is 9.70. The number of likely N-dealkylation sites (tertiary alicyclic amines) is 1. The number of nitro benzene ring substituents is 1. The van der Waals surface area contributed by atoms with Crippen LogP contribution in [0.2, 0.25) is 5.02 Å². The molecule has 1 amide bonds. The molecule has 0 saturated carbocycles.